The topological polar surface area (TPSA) is 80.3 Å². The molecule has 8 nitrogen and oxygen atoms in total. The van der Waals surface area contributed by atoms with Crippen LogP contribution in [-0.4, -0.2) is 67.5 Å². The Morgan fingerprint density at radius 3 is 2.12 bits per heavy atom. The first-order valence-corrected chi connectivity index (χ1v) is 11.2. The molecule has 1 aliphatic rings. The number of likely N-dealkylation sites (N-methyl/N-ethyl adjacent to an activating group) is 1. The highest BCUT2D eigenvalue weighted by Gasteiger charge is 2.27. The largest absolute Gasteiger partial charge is 0.477 e. The van der Waals surface area contributed by atoms with Crippen LogP contribution in [0.2, 0.25) is 0 Å². The van der Waals surface area contributed by atoms with E-state index >= 15 is 0 Å². The van der Waals surface area contributed by atoms with Crippen molar-refractivity contribution in [3.05, 3.63) is 18.2 Å². The average molecular weight is 450 g/mol. The van der Waals surface area contributed by atoms with Gasteiger partial charge in [-0.3, -0.25) is 5.32 Å². The van der Waals surface area contributed by atoms with E-state index in [0.717, 1.165) is 31.9 Å². The van der Waals surface area contributed by atoms with E-state index in [1.165, 1.54) is 0 Å². The van der Waals surface area contributed by atoms with E-state index in [2.05, 4.69) is 22.2 Å². The summed E-state index contributed by atoms with van der Waals surface area (Å²) in [7, 11) is 2.10. The zero-order valence-corrected chi connectivity index (χ0v) is 20.8. The number of hydrogen-bond acceptors (Lipinski definition) is 7. The number of carbonyl (C=O) groups is 2. The third kappa shape index (κ3) is 8.22. The number of amides is 1. The van der Waals surface area contributed by atoms with Gasteiger partial charge in [-0.1, -0.05) is 6.92 Å². The zero-order valence-electron chi connectivity index (χ0n) is 20.8. The number of anilines is 2. The molecule has 0 bridgehead atoms. The number of hydrogen-bond donors (Lipinski definition) is 1. The number of ether oxygens (including phenoxy) is 3. The van der Waals surface area contributed by atoms with Crippen LogP contribution in [0, 0.1) is 0 Å². The molecular formula is C24H39N3O5. The Labute approximate surface area is 192 Å². The van der Waals surface area contributed by atoms with Crippen molar-refractivity contribution in [3.63, 3.8) is 0 Å². The summed E-state index contributed by atoms with van der Waals surface area (Å²) in [6.07, 6.45) is -0.938. The predicted octanol–water partition coefficient (Wildman–Crippen LogP) is 4.28. The minimum atomic E-state index is -0.789. The van der Waals surface area contributed by atoms with Crippen LogP contribution in [0.5, 0.6) is 5.75 Å². The maximum absolute atomic E-state index is 12.6. The summed E-state index contributed by atoms with van der Waals surface area (Å²) in [5.41, 5.74) is 0.179. The lowest BCUT2D eigenvalue weighted by Crippen LogP contribution is -2.44. The van der Waals surface area contributed by atoms with Crippen molar-refractivity contribution < 1.29 is 23.8 Å². The molecule has 32 heavy (non-hydrogen) atoms. The van der Waals surface area contributed by atoms with Crippen LogP contribution in [0.25, 0.3) is 0 Å². The molecule has 1 N–H and O–H groups in total. The van der Waals surface area contributed by atoms with Crippen LogP contribution >= 0.6 is 0 Å². The standard InChI is InChI=1S/C24H39N3O5/c1-9-19(21(28)31-23(2,3)4)30-20-11-10-17(27-14-12-26(8)13-15-27)16-18(20)25-22(29)32-24(5,6)7/h10-11,16,19H,9,12-15H2,1-8H3,(H,25,29)/t19-/m0/s1. The van der Waals surface area contributed by atoms with Gasteiger partial charge in [0.25, 0.3) is 0 Å². The fraction of sp³-hybridized carbons (Fsp3) is 0.667. The molecule has 0 aromatic heterocycles. The first-order chi connectivity index (χ1) is 14.8. The van der Waals surface area contributed by atoms with Crippen LogP contribution < -0.4 is 15.0 Å². The van der Waals surface area contributed by atoms with Crippen molar-refractivity contribution in [1.29, 1.82) is 0 Å². The van der Waals surface area contributed by atoms with Crippen LogP contribution in [0.1, 0.15) is 54.9 Å². The molecule has 0 radical (unpaired) electrons. The maximum Gasteiger partial charge on any atom is 0.412 e. The normalized spacial score (nSPS) is 16.3. The summed E-state index contributed by atoms with van der Waals surface area (Å²) < 4.78 is 16.9. The molecule has 1 amide bonds. The van der Waals surface area contributed by atoms with Crippen LogP contribution in [0.3, 0.4) is 0 Å². The third-order valence-corrected chi connectivity index (χ3v) is 4.78. The lowest BCUT2D eigenvalue weighted by atomic mass is 10.2. The summed E-state index contributed by atoms with van der Waals surface area (Å²) >= 11 is 0. The Hall–Kier alpha value is -2.48. The second-order valence-corrected chi connectivity index (χ2v) is 10.1. The quantitative estimate of drug-likeness (QED) is 0.649. The van der Waals surface area contributed by atoms with Gasteiger partial charge < -0.3 is 24.0 Å². The molecule has 1 aromatic rings. The lowest BCUT2D eigenvalue weighted by molar-refractivity contribution is -0.163. The first kappa shape index (κ1) is 25.8. The average Bonchev–Trinajstić information content (AvgIpc) is 2.64. The van der Waals surface area contributed by atoms with E-state index in [0.29, 0.717) is 17.9 Å². The van der Waals surface area contributed by atoms with E-state index in [1.807, 2.05) is 39.8 Å². The van der Waals surface area contributed by atoms with Gasteiger partial charge in [0, 0.05) is 31.9 Å². The SMILES string of the molecule is CC[C@H](Oc1ccc(N2CCN(C)CC2)cc1NC(=O)OC(C)(C)C)C(=O)OC(C)(C)C. The van der Waals surface area contributed by atoms with Crippen molar-refractivity contribution in [2.45, 2.75) is 72.2 Å². The predicted molar refractivity (Wildman–Crippen MR) is 127 cm³/mol. The summed E-state index contributed by atoms with van der Waals surface area (Å²) in [5, 5.41) is 2.80. The van der Waals surface area contributed by atoms with Gasteiger partial charge in [-0.15, -0.1) is 0 Å². The van der Waals surface area contributed by atoms with E-state index in [4.69, 9.17) is 14.2 Å². The lowest BCUT2D eigenvalue weighted by Gasteiger charge is -2.34. The van der Waals surface area contributed by atoms with Gasteiger partial charge in [0.2, 0.25) is 0 Å². The maximum atomic E-state index is 12.6. The Morgan fingerprint density at radius 2 is 1.59 bits per heavy atom. The molecule has 0 unspecified atom stereocenters. The molecule has 180 valence electrons. The molecule has 2 rings (SSSR count). The van der Waals surface area contributed by atoms with E-state index in [9.17, 15) is 9.59 Å². The summed E-state index contributed by atoms with van der Waals surface area (Å²) in [5.74, 6) is -0.0437. The number of carbonyl (C=O) groups excluding carboxylic acids is 2. The van der Waals surface area contributed by atoms with Crippen molar-refractivity contribution >= 4 is 23.4 Å². The monoisotopic (exact) mass is 449 g/mol. The fourth-order valence-corrected chi connectivity index (χ4v) is 3.21. The highest BCUT2D eigenvalue weighted by molar-refractivity contribution is 5.88. The summed E-state index contributed by atoms with van der Waals surface area (Å²) in [6, 6.07) is 5.60. The molecule has 1 atom stereocenters. The van der Waals surface area contributed by atoms with Gasteiger partial charge in [0.15, 0.2) is 6.10 Å². The minimum Gasteiger partial charge on any atom is -0.477 e. The molecule has 1 aliphatic heterocycles. The van der Waals surface area contributed by atoms with Crippen molar-refractivity contribution in [2.24, 2.45) is 0 Å². The molecule has 8 heteroatoms. The molecule has 0 aliphatic carbocycles. The van der Waals surface area contributed by atoms with E-state index in [-0.39, 0.29) is 0 Å². The molecule has 1 fully saturated rings. The van der Waals surface area contributed by atoms with Gasteiger partial charge in [-0.2, -0.15) is 0 Å². The number of piperazine rings is 1. The number of esters is 1. The van der Waals surface area contributed by atoms with Crippen molar-refractivity contribution in [3.8, 4) is 5.75 Å². The number of benzene rings is 1. The Morgan fingerprint density at radius 1 is 1.00 bits per heavy atom. The first-order valence-electron chi connectivity index (χ1n) is 11.2. The molecule has 1 heterocycles. The molecule has 1 saturated heterocycles. The van der Waals surface area contributed by atoms with Gasteiger partial charge in [-0.25, -0.2) is 9.59 Å². The van der Waals surface area contributed by atoms with Gasteiger partial charge in [0.05, 0.1) is 5.69 Å². The van der Waals surface area contributed by atoms with Gasteiger partial charge in [-0.05, 0) is 73.2 Å². The number of nitrogens with zero attached hydrogens (tertiary/aromatic N) is 2. The van der Waals surface area contributed by atoms with Crippen molar-refractivity contribution in [1.82, 2.24) is 4.90 Å². The second-order valence-electron chi connectivity index (χ2n) is 10.1. The van der Waals surface area contributed by atoms with Crippen LogP contribution in [-0.2, 0) is 14.3 Å². The molecule has 0 saturated carbocycles. The third-order valence-electron chi connectivity index (χ3n) is 4.78. The highest BCUT2D eigenvalue weighted by Crippen LogP contribution is 2.32. The molecule has 0 spiro atoms. The van der Waals surface area contributed by atoms with Gasteiger partial charge in [0.1, 0.15) is 17.0 Å². The van der Waals surface area contributed by atoms with E-state index < -0.39 is 29.4 Å². The Balaban J connectivity index is 2.28. The van der Waals surface area contributed by atoms with Gasteiger partial charge >= 0.3 is 12.1 Å². The summed E-state index contributed by atoms with van der Waals surface area (Å²) in [4.78, 5) is 29.6. The number of nitrogens with one attached hydrogen (secondary N) is 1. The number of rotatable bonds is 6. The van der Waals surface area contributed by atoms with Crippen LogP contribution in [0.4, 0.5) is 16.2 Å². The second kappa shape index (κ2) is 10.4. The molecule has 1 aromatic carbocycles. The highest BCUT2D eigenvalue weighted by atomic mass is 16.6. The molecular weight excluding hydrogens is 410 g/mol. The fourth-order valence-electron chi connectivity index (χ4n) is 3.21. The van der Waals surface area contributed by atoms with E-state index in [1.54, 1.807) is 26.8 Å². The Bertz CT molecular complexity index is 790. The van der Waals surface area contributed by atoms with Crippen LogP contribution in [0.15, 0.2) is 18.2 Å². The Kier molecular flexibility index (Phi) is 8.40. The smallest absolute Gasteiger partial charge is 0.412 e. The minimum absolute atomic E-state index is 0.395. The van der Waals surface area contributed by atoms with Crippen molar-refractivity contribution in [2.75, 3.05) is 43.4 Å². The zero-order chi connectivity index (χ0) is 24.1. The summed E-state index contributed by atoms with van der Waals surface area (Å²) in [6.45, 7) is 16.4.